The van der Waals surface area contributed by atoms with E-state index < -0.39 is 0 Å². The fourth-order valence-electron chi connectivity index (χ4n) is 2.94. The van der Waals surface area contributed by atoms with Gasteiger partial charge in [0.25, 0.3) is 0 Å². The molecule has 1 N–H and O–H groups in total. The number of carbonyl (C=O) groups excluding carboxylic acids is 1. The summed E-state index contributed by atoms with van der Waals surface area (Å²) in [5.74, 6) is 0.774. The second kappa shape index (κ2) is 6.15. The summed E-state index contributed by atoms with van der Waals surface area (Å²) in [6, 6.07) is 7.77. The molecule has 1 amide bonds. The van der Waals surface area contributed by atoms with Crippen molar-refractivity contribution >= 4 is 17.5 Å². The first kappa shape index (κ1) is 13.9. The molecule has 1 aliphatic heterocycles. The molecule has 4 heteroatoms. The molecule has 1 aromatic rings. The van der Waals surface area contributed by atoms with E-state index in [0.29, 0.717) is 18.9 Å². The van der Waals surface area contributed by atoms with Crippen LogP contribution in [0.5, 0.6) is 0 Å². The highest BCUT2D eigenvalue weighted by Crippen LogP contribution is 2.32. The van der Waals surface area contributed by atoms with Crippen molar-refractivity contribution in [2.75, 3.05) is 6.61 Å². The minimum atomic E-state index is -0.0439. The maximum atomic E-state index is 12.0. The number of amides is 1. The number of halogens is 1. The Hall–Kier alpha value is -1.06. The normalized spacial score (nSPS) is 26.2. The lowest BCUT2D eigenvalue weighted by Crippen LogP contribution is -2.38. The number of rotatable bonds is 4. The van der Waals surface area contributed by atoms with Crippen molar-refractivity contribution in [2.45, 2.75) is 44.2 Å². The quantitative estimate of drug-likeness (QED) is 0.923. The minimum Gasteiger partial charge on any atom is -0.371 e. The standard InChI is InChI=1S/C16H20ClNO2/c17-13-6-4-12(5-7-13)16-14(8-9-20-16)18-15(19)10-11-2-1-3-11/h4-7,11,14,16H,1-3,8-10H2,(H,18,19). The largest absolute Gasteiger partial charge is 0.371 e. The second-order valence-electron chi connectivity index (χ2n) is 5.81. The van der Waals surface area contributed by atoms with Crippen LogP contribution in [0.2, 0.25) is 5.02 Å². The molecule has 1 aliphatic carbocycles. The average molecular weight is 294 g/mol. The smallest absolute Gasteiger partial charge is 0.220 e. The van der Waals surface area contributed by atoms with E-state index in [1.807, 2.05) is 24.3 Å². The zero-order valence-electron chi connectivity index (χ0n) is 11.5. The van der Waals surface area contributed by atoms with Crippen LogP contribution in [0, 0.1) is 5.92 Å². The van der Waals surface area contributed by atoms with E-state index in [1.165, 1.54) is 19.3 Å². The minimum absolute atomic E-state index is 0.0439. The third-order valence-electron chi connectivity index (χ3n) is 4.34. The molecular weight excluding hydrogens is 274 g/mol. The fourth-order valence-corrected chi connectivity index (χ4v) is 3.07. The summed E-state index contributed by atoms with van der Waals surface area (Å²) >= 11 is 5.91. The Labute approximate surface area is 124 Å². The van der Waals surface area contributed by atoms with Gasteiger partial charge in [-0.25, -0.2) is 0 Å². The molecular formula is C16H20ClNO2. The zero-order valence-corrected chi connectivity index (χ0v) is 12.2. The molecule has 20 heavy (non-hydrogen) atoms. The molecule has 2 aliphatic rings. The number of hydrogen-bond donors (Lipinski definition) is 1. The third kappa shape index (κ3) is 3.15. The summed E-state index contributed by atoms with van der Waals surface area (Å²) in [4.78, 5) is 12.0. The topological polar surface area (TPSA) is 38.3 Å². The van der Waals surface area contributed by atoms with E-state index >= 15 is 0 Å². The number of hydrogen-bond acceptors (Lipinski definition) is 2. The Balaban J connectivity index is 1.60. The van der Waals surface area contributed by atoms with E-state index in [9.17, 15) is 4.79 Å². The first-order valence-corrected chi connectivity index (χ1v) is 7.76. The molecule has 1 saturated carbocycles. The van der Waals surface area contributed by atoms with Crippen LogP contribution in [-0.2, 0) is 9.53 Å². The molecule has 2 unspecified atom stereocenters. The van der Waals surface area contributed by atoms with Crippen LogP contribution >= 0.6 is 11.6 Å². The predicted molar refractivity (Wildman–Crippen MR) is 78.7 cm³/mol. The van der Waals surface area contributed by atoms with Crippen molar-refractivity contribution in [1.29, 1.82) is 0 Å². The number of benzene rings is 1. The summed E-state index contributed by atoms with van der Waals surface area (Å²) < 4.78 is 5.78. The lowest BCUT2D eigenvalue weighted by Gasteiger charge is -2.26. The van der Waals surface area contributed by atoms with Crippen LogP contribution in [0.15, 0.2) is 24.3 Å². The molecule has 1 aromatic carbocycles. The second-order valence-corrected chi connectivity index (χ2v) is 6.24. The Bertz CT molecular complexity index is 470. The number of nitrogens with one attached hydrogen (secondary N) is 1. The van der Waals surface area contributed by atoms with Gasteiger partial charge in [0.1, 0.15) is 6.10 Å². The van der Waals surface area contributed by atoms with Crippen molar-refractivity contribution in [1.82, 2.24) is 5.32 Å². The van der Waals surface area contributed by atoms with E-state index in [0.717, 1.165) is 17.0 Å². The van der Waals surface area contributed by atoms with Gasteiger partial charge >= 0.3 is 0 Å². The SMILES string of the molecule is O=C(CC1CCC1)NC1CCOC1c1ccc(Cl)cc1. The molecule has 2 atom stereocenters. The summed E-state index contributed by atoms with van der Waals surface area (Å²) in [5, 5.41) is 3.86. The van der Waals surface area contributed by atoms with Crippen molar-refractivity contribution in [3.05, 3.63) is 34.9 Å². The lowest BCUT2D eigenvalue weighted by atomic mass is 9.83. The average Bonchev–Trinajstić information content (AvgIpc) is 2.83. The summed E-state index contributed by atoms with van der Waals surface area (Å²) in [6.45, 7) is 0.696. The van der Waals surface area contributed by atoms with E-state index in [4.69, 9.17) is 16.3 Å². The molecule has 0 spiro atoms. The highest BCUT2D eigenvalue weighted by Gasteiger charge is 2.31. The van der Waals surface area contributed by atoms with Gasteiger partial charge in [0, 0.05) is 18.1 Å². The fraction of sp³-hybridized carbons (Fsp3) is 0.562. The first-order chi connectivity index (χ1) is 9.72. The Kier molecular flexibility index (Phi) is 4.27. The van der Waals surface area contributed by atoms with E-state index in [1.54, 1.807) is 0 Å². The summed E-state index contributed by atoms with van der Waals surface area (Å²) in [5.41, 5.74) is 1.08. The van der Waals surface area contributed by atoms with E-state index in [-0.39, 0.29) is 18.1 Å². The van der Waals surface area contributed by atoms with Gasteiger partial charge in [-0.05, 0) is 42.9 Å². The Morgan fingerprint density at radius 2 is 2.00 bits per heavy atom. The molecule has 0 aromatic heterocycles. The zero-order chi connectivity index (χ0) is 13.9. The van der Waals surface area contributed by atoms with Crippen LogP contribution in [-0.4, -0.2) is 18.6 Å². The van der Waals surface area contributed by atoms with Crippen molar-refractivity contribution in [3.63, 3.8) is 0 Å². The van der Waals surface area contributed by atoms with Gasteiger partial charge in [0.2, 0.25) is 5.91 Å². The molecule has 0 radical (unpaired) electrons. The van der Waals surface area contributed by atoms with Crippen LogP contribution in [0.25, 0.3) is 0 Å². The third-order valence-corrected chi connectivity index (χ3v) is 4.59. The molecule has 108 valence electrons. The van der Waals surface area contributed by atoms with E-state index in [2.05, 4.69) is 5.32 Å². The van der Waals surface area contributed by atoms with Gasteiger partial charge in [-0.15, -0.1) is 0 Å². The predicted octanol–water partition coefficient (Wildman–Crippen LogP) is 3.48. The Morgan fingerprint density at radius 3 is 2.65 bits per heavy atom. The Morgan fingerprint density at radius 1 is 1.25 bits per heavy atom. The van der Waals surface area contributed by atoms with Crippen LogP contribution in [0.3, 0.4) is 0 Å². The van der Waals surface area contributed by atoms with Crippen molar-refractivity contribution in [3.8, 4) is 0 Å². The van der Waals surface area contributed by atoms with Gasteiger partial charge in [-0.2, -0.15) is 0 Å². The van der Waals surface area contributed by atoms with Gasteiger partial charge < -0.3 is 10.1 Å². The lowest BCUT2D eigenvalue weighted by molar-refractivity contribution is -0.123. The summed E-state index contributed by atoms with van der Waals surface area (Å²) in [6.07, 6.45) is 5.19. The van der Waals surface area contributed by atoms with Crippen LogP contribution in [0.1, 0.15) is 43.8 Å². The van der Waals surface area contributed by atoms with Crippen molar-refractivity contribution < 1.29 is 9.53 Å². The highest BCUT2D eigenvalue weighted by molar-refractivity contribution is 6.30. The molecule has 0 bridgehead atoms. The van der Waals surface area contributed by atoms with Gasteiger partial charge in [-0.1, -0.05) is 30.2 Å². The van der Waals surface area contributed by atoms with Gasteiger partial charge in [-0.3, -0.25) is 4.79 Å². The monoisotopic (exact) mass is 293 g/mol. The number of ether oxygens (including phenoxy) is 1. The number of carbonyl (C=O) groups is 1. The van der Waals surface area contributed by atoms with Gasteiger partial charge in [0.05, 0.1) is 6.04 Å². The maximum absolute atomic E-state index is 12.0. The first-order valence-electron chi connectivity index (χ1n) is 7.39. The van der Waals surface area contributed by atoms with Crippen LogP contribution < -0.4 is 5.32 Å². The molecule has 1 heterocycles. The molecule has 3 nitrogen and oxygen atoms in total. The molecule has 3 rings (SSSR count). The van der Waals surface area contributed by atoms with Gasteiger partial charge in [0.15, 0.2) is 0 Å². The highest BCUT2D eigenvalue weighted by atomic mass is 35.5. The molecule has 2 fully saturated rings. The van der Waals surface area contributed by atoms with Crippen LogP contribution in [0.4, 0.5) is 0 Å². The summed E-state index contributed by atoms with van der Waals surface area (Å²) in [7, 11) is 0. The molecule has 1 saturated heterocycles. The maximum Gasteiger partial charge on any atom is 0.220 e. The van der Waals surface area contributed by atoms with Crippen molar-refractivity contribution in [2.24, 2.45) is 5.92 Å².